The van der Waals surface area contributed by atoms with Gasteiger partial charge >= 0.3 is 0 Å². The summed E-state index contributed by atoms with van der Waals surface area (Å²) in [5.74, 6) is -0.212. The molecule has 1 aromatic rings. The number of benzene rings is 1. The number of nitrogens with one attached hydrogen (secondary N) is 1. The van der Waals surface area contributed by atoms with Crippen LogP contribution >= 0.6 is 22.6 Å². The van der Waals surface area contributed by atoms with E-state index in [1.165, 1.54) is 6.07 Å². The molecule has 1 saturated heterocycles. The number of halogens is 2. The summed E-state index contributed by atoms with van der Waals surface area (Å²) in [6.45, 7) is 1.33. The quantitative estimate of drug-likeness (QED) is 0.834. The fraction of sp³-hybridized carbons (Fsp3) is 0.300. The van der Waals surface area contributed by atoms with Crippen molar-refractivity contribution >= 4 is 28.5 Å². The summed E-state index contributed by atoms with van der Waals surface area (Å²) in [6.07, 6.45) is 0. The molecule has 1 N–H and O–H groups in total. The van der Waals surface area contributed by atoms with Crippen LogP contribution in [-0.2, 0) is 11.3 Å². The molecule has 3 nitrogen and oxygen atoms in total. The maximum atomic E-state index is 13.4. The second kappa shape index (κ2) is 4.44. The van der Waals surface area contributed by atoms with Crippen LogP contribution in [0.2, 0.25) is 0 Å². The van der Waals surface area contributed by atoms with Gasteiger partial charge in [-0.25, -0.2) is 4.39 Å². The van der Waals surface area contributed by atoms with E-state index < -0.39 is 0 Å². The average molecular weight is 320 g/mol. The van der Waals surface area contributed by atoms with Gasteiger partial charge in [-0.15, -0.1) is 0 Å². The molecule has 0 bridgehead atoms. The van der Waals surface area contributed by atoms with Gasteiger partial charge in [0.25, 0.3) is 0 Å². The highest BCUT2D eigenvalue weighted by atomic mass is 127. The first-order chi connectivity index (χ1) is 7.15. The standard InChI is InChI=1S/C10H10FIN2O/c11-9-2-1-8(12)3-7(9)4-14-5-10(15)13-6-14/h1-3H,4-6H2,(H,13,15). The Morgan fingerprint density at radius 1 is 1.53 bits per heavy atom. The van der Waals surface area contributed by atoms with Gasteiger partial charge in [0, 0.05) is 15.7 Å². The second-order valence-electron chi connectivity index (χ2n) is 3.48. The topological polar surface area (TPSA) is 32.3 Å². The number of rotatable bonds is 2. The molecule has 0 spiro atoms. The third kappa shape index (κ3) is 2.66. The Kier molecular flexibility index (Phi) is 3.20. The monoisotopic (exact) mass is 320 g/mol. The zero-order valence-corrected chi connectivity index (χ0v) is 10.1. The molecule has 2 rings (SSSR count). The molecule has 0 aromatic heterocycles. The molecule has 1 aliphatic heterocycles. The summed E-state index contributed by atoms with van der Waals surface area (Å²) in [5, 5.41) is 2.69. The molecule has 1 fully saturated rings. The van der Waals surface area contributed by atoms with Gasteiger partial charge in [-0.3, -0.25) is 9.69 Å². The minimum atomic E-state index is -0.213. The van der Waals surface area contributed by atoms with E-state index in [-0.39, 0.29) is 11.7 Å². The molecule has 0 atom stereocenters. The summed E-state index contributed by atoms with van der Waals surface area (Å²) in [4.78, 5) is 12.8. The molecule has 5 heteroatoms. The van der Waals surface area contributed by atoms with Crippen molar-refractivity contribution in [3.8, 4) is 0 Å². The summed E-state index contributed by atoms with van der Waals surface area (Å²) in [6, 6.07) is 4.99. The van der Waals surface area contributed by atoms with Crippen LogP contribution in [0.3, 0.4) is 0 Å². The zero-order chi connectivity index (χ0) is 10.8. The number of carbonyl (C=O) groups excluding carboxylic acids is 1. The number of nitrogens with zero attached hydrogens (tertiary/aromatic N) is 1. The van der Waals surface area contributed by atoms with Gasteiger partial charge in [-0.05, 0) is 40.8 Å². The first kappa shape index (κ1) is 10.8. The lowest BCUT2D eigenvalue weighted by molar-refractivity contribution is -0.118. The third-order valence-electron chi connectivity index (χ3n) is 2.27. The maximum absolute atomic E-state index is 13.4. The van der Waals surface area contributed by atoms with E-state index in [0.717, 1.165) is 3.57 Å². The second-order valence-corrected chi connectivity index (χ2v) is 4.73. The van der Waals surface area contributed by atoms with E-state index >= 15 is 0 Å². The van der Waals surface area contributed by atoms with Crippen molar-refractivity contribution in [2.75, 3.05) is 13.2 Å². The highest BCUT2D eigenvalue weighted by Crippen LogP contribution is 2.15. The Bertz CT molecular complexity index is 397. The van der Waals surface area contributed by atoms with Crippen LogP contribution in [0.5, 0.6) is 0 Å². The lowest BCUT2D eigenvalue weighted by atomic mass is 10.2. The predicted molar refractivity (Wildman–Crippen MR) is 62.5 cm³/mol. The fourth-order valence-electron chi connectivity index (χ4n) is 1.53. The van der Waals surface area contributed by atoms with Gasteiger partial charge in [-0.2, -0.15) is 0 Å². The van der Waals surface area contributed by atoms with Crippen LogP contribution < -0.4 is 5.32 Å². The number of hydrogen-bond acceptors (Lipinski definition) is 2. The van der Waals surface area contributed by atoms with Gasteiger partial charge in [0.2, 0.25) is 5.91 Å². The van der Waals surface area contributed by atoms with Gasteiger partial charge in [-0.1, -0.05) is 0 Å². The summed E-state index contributed by atoms with van der Waals surface area (Å²) >= 11 is 2.14. The largest absolute Gasteiger partial charge is 0.342 e. The molecule has 1 heterocycles. The van der Waals surface area contributed by atoms with E-state index in [1.807, 2.05) is 4.90 Å². The van der Waals surface area contributed by atoms with Gasteiger partial charge in [0.15, 0.2) is 0 Å². The molecule has 1 amide bonds. The SMILES string of the molecule is O=C1CN(Cc2cc(I)ccc2F)CN1. The minimum absolute atomic E-state index is 0.000959. The average Bonchev–Trinajstić information content (AvgIpc) is 2.58. The van der Waals surface area contributed by atoms with Crippen molar-refractivity contribution in [1.29, 1.82) is 0 Å². The number of hydrogen-bond donors (Lipinski definition) is 1. The van der Waals surface area contributed by atoms with Gasteiger partial charge in [0.05, 0.1) is 13.2 Å². The van der Waals surface area contributed by atoms with Gasteiger partial charge < -0.3 is 5.32 Å². The summed E-state index contributed by atoms with van der Waals surface area (Å²) < 4.78 is 14.4. The lowest BCUT2D eigenvalue weighted by Gasteiger charge is -2.13. The lowest BCUT2D eigenvalue weighted by Crippen LogP contribution is -2.22. The maximum Gasteiger partial charge on any atom is 0.235 e. The van der Waals surface area contributed by atoms with Crippen molar-refractivity contribution in [2.45, 2.75) is 6.54 Å². The number of amides is 1. The van der Waals surface area contributed by atoms with Crippen molar-refractivity contribution in [3.63, 3.8) is 0 Å². The zero-order valence-electron chi connectivity index (χ0n) is 7.96. The Balaban J connectivity index is 2.10. The Labute approximate surface area is 101 Å². The normalized spacial score (nSPS) is 16.8. The van der Waals surface area contributed by atoms with Crippen molar-refractivity contribution in [2.24, 2.45) is 0 Å². The van der Waals surface area contributed by atoms with Crippen LogP contribution in [0, 0.1) is 9.39 Å². The van der Waals surface area contributed by atoms with E-state index in [9.17, 15) is 9.18 Å². The van der Waals surface area contributed by atoms with E-state index in [1.54, 1.807) is 12.1 Å². The van der Waals surface area contributed by atoms with Crippen LogP contribution in [0.25, 0.3) is 0 Å². The van der Waals surface area contributed by atoms with E-state index in [4.69, 9.17) is 0 Å². The smallest absolute Gasteiger partial charge is 0.235 e. The van der Waals surface area contributed by atoms with Crippen molar-refractivity contribution in [3.05, 3.63) is 33.1 Å². The molecular formula is C10H10FIN2O. The van der Waals surface area contributed by atoms with E-state index in [0.29, 0.717) is 25.3 Å². The van der Waals surface area contributed by atoms with Gasteiger partial charge in [0.1, 0.15) is 5.82 Å². The van der Waals surface area contributed by atoms with Crippen molar-refractivity contribution in [1.82, 2.24) is 10.2 Å². The minimum Gasteiger partial charge on any atom is -0.342 e. The molecule has 0 saturated carbocycles. The highest BCUT2D eigenvalue weighted by molar-refractivity contribution is 14.1. The molecule has 15 heavy (non-hydrogen) atoms. The van der Waals surface area contributed by atoms with Crippen LogP contribution in [0.1, 0.15) is 5.56 Å². The van der Waals surface area contributed by atoms with E-state index in [2.05, 4.69) is 27.9 Å². The summed E-state index contributed by atoms with van der Waals surface area (Å²) in [7, 11) is 0. The molecule has 1 aliphatic rings. The summed E-state index contributed by atoms with van der Waals surface area (Å²) in [5.41, 5.74) is 0.637. The Morgan fingerprint density at radius 3 is 3.00 bits per heavy atom. The first-order valence-electron chi connectivity index (χ1n) is 4.58. The predicted octanol–water partition coefficient (Wildman–Crippen LogP) is 1.32. The molecular weight excluding hydrogens is 310 g/mol. The molecule has 0 aliphatic carbocycles. The molecule has 80 valence electrons. The van der Waals surface area contributed by atoms with Crippen LogP contribution in [0.4, 0.5) is 4.39 Å². The Hall–Kier alpha value is -0.690. The third-order valence-corrected chi connectivity index (χ3v) is 2.94. The molecule has 0 unspecified atom stereocenters. The van der Waals surface area contributed by atoms with Crippen LogP contribution in [0.15, 0.2) is 18.2 Å². The molecule has 1 aromatic carbocycles. The highest BCUT2D eigenvalue weighted by Gasteiger charge is 2.19. The first-order valence-corrected chi connectivity index (χ1v) is 5.66. The fourth-order valence-corrected chi connectivity index (χ4v) is 2.09. The van der Waals surface area contributed by atoms with Crippen LogP contribution in [-0.4, -0.2) is 24.0 Å². The van der Waals surface area contributed by atoms with Crippen molar-refractivity contribution < 1.29 is 9.18 Å². The molecule has 0 radical (unpaired) electrons. The Morgan fingerprint density at radius 2 is 2.33 bits per heavy atom. The number of carbonyl (C=O) groups is 1.